The molecule has 0 aliphatic carbocycles. The number of rotatable bonds is 33. The number of nitrogens with one attached hydrogen (secondary N) is 2. The molecule has 1 unspecified atom stereocenters. The molecule has 3 atom stereocenters. The third kappa shape index (κ3) is 19.6. The Morgan fingerprint density at radius 1 is 0.617 bits per heavy atom. The number of aryl methyl sites for hydroxylation is 1. The van der Waals surface area contributed by atoms with Crippen molar-refractivity contribution in [3.05, 3.63) is 90.0 Å². The third-order valence-corrected chi connectivity index (χ3v) is 10.8. The van der Waals surface area contributed by atoms with Gasteiger partial charge in [-0.05, 0) is 79.5 Å². The maximum absolute atomic E-state index is 13.0. The van der Waals surface area contributed by atoms with Crippen LogP contribution in [0.5, 0.6) is 5.75 Å². The lowest BCUT2D eigenvalue weighted by atomic mass is 9.92. The molecule has 60 heavy (non-hydrogen) atoms. The first-order valence-corrected chi connectivity index (χ1v) is 22.0. The Kier molecular flexibility index (Phi) is 23.7. The largest absolute Gasteiger partial charge is 0.494 e. The standard InChI is InChI=1S/C49H66N2O9/c1-2-3-4-5-13-19-34-60-42-30-28-39(29-31-42)38-24-26-40(27-25-38)47(55)51-43(48(56)57)32-33-45(53)41(36-52)35-44(49(58)59)50-46(54)23-18-12-10-8-6-7-9-11-15-20-37-21-16-14-17-22-37/h14,16-17,21-22,24-31,36,41,43-44H,2-13,15,18-20,23,32-35H2,1H3,(H,50,54)(H,51,55)(H,56,57)(H,58,59)/t41?,43-,44-/m0/s1. The highest BCUT2D eigenvalue weighted by Crippen LogP contribution is 2.24. The molecule has 0 fully saturated rings. The molecule has 0 aliphatic rings. The van der Waals surface area contributed by atoms with Gasteiger partial charge in [0.1, 0.15) is 29.9 Å². The number of hydrogen-bond acceptors (Lipinski definition) is 7. The highest BCUT2D eigenvalue weighted by Gasteiger charge is 2.30. The molecule has 0 aliphatic heterocycles. The fourth-order valence-corrected chi connectivity index (χ4v) is 7.10. The summed E-state index contributed by atoms with van der Waals surface area (Å²) in [5.74, 6) is -5.12. The van der Waals surface area contributed by atoms with E-state index in [0.29, 0.717) is 19.3 Å². The molecule has 2 amide bonds. The van der Waals surface area contributed by atoms with Crippen LogP contribution in [0.1, 0.15) is 145 Å². The average Bonchev–Trinajstić information content (AvgIpc) is 3.25. The van der Waals surface area contributed by atoms with Crippen molar-refractivity contribution in [1.82, 2.24) is 10.6 Å². The van der Waals surface area contributed by atoms with Crippen LogP contribution < -0.4 is 15.4 Å². The van der Waals surface area contributed by atoms with Gasteiger partial charge in [0, 0.05) is 18.4 Å². The highest BCUT2D eigenvalue weighted by atomic mass is 16.5. The smallest absolute Gasteiger partial charge is 0.326 e. The first kappa shape index (κ1) is 49.0. The molecule has 3 aromatic carbocycles. The Bertz CT molecular complexity index is 1730. The van der Waals surface area contributed by atoms with Gasteiger partial charge < -0.3 is 30.4 Å². The Hall–Kier alpha value is -5.32. The van der Waals surface area contributed by atoms with Crippen LogP contribution in [0.3, 0.4) is 0 Å². The lowest BCUT2D eigenvalue weighted by molar-refractivity contribution is -0.142. The Morgan fingerprint density at radius 3 is 1.75 bits per heavy atom. The Morgan fingerprint density at radius 2 is 1.17 bits per heavy atom. The summed E-state index contributed by atoms with van der Waals surface area (Å²) in [7, 11) is 0. The second-order valence-electron chi connectivity index (χ2n) is 15.7. The van der Waals surface area contributed by atoms with Crippen molar-refractivity contribution in [1.29, 1.82) is 0 Å². The molecule has 4 N–H and O–H groups in total. The van der Waals surface area contributed by atoms with Crippen molar-refractivity contribution < 1.29 is 43.7 Å². The monoisotopic (exact) mass is 826 g/mol. The van der Waals surface area contributed by atoms with E-state index in [4.69, 9.17) is 4.74 Å². The minimum atomic E-state index is -1.46. The zero-order chi connectivity index (χ0) is 43.4. The van der Waals surface area contributed by atoms with Gasteiger partial charge in [0.25, 0.3) is 5.91 Å². The van der Waals surface area contributed by atoms with Crippen LogP contribution in [-0.2, 0) is 30.4 Å². The van der Waals surface area contributed by atoms with E-state index in [2.05, 4.69) is 41.8 Å². The van der Waals surface area contributed by atoms with Crippen LogP contribution in [0.15, 0.2) is 78.9 Å². The van der Waals surface area contributed by atoms with E-state index in [1.807, 2.05) is 30.3 Å². The van der Waals surface area contributed by atoms with Crippen LogP contribution >= 0.6 is 0 Å². The SMILES string of the molecule is CCCCCCCCOc1ccc(-c2ccc(C(=O)N[C@@H](CCC(=O)C(C=O)C[C@H](NC(=O)CCCCCCCCCCCc3ccccc3)C(=O)O)C(=O)O)cc2)cc1. The predicted molar refractivity (Wildman–Crippen MR) is 234 cm³/mol. The summed E-state index contributed by atoms with van der Waals surface area (Å²) >= 11 is 0. The zero-order valence-corrected chi connectivity index (χ0v) is 35.4. The number of Topliss-reactive ketones (excluding diaryl/α,β-unsaturated/α-hetero) is 1. The van der Waals surface area contributed by atoms with Gasteiger partial charge in [0.05, 0.1) is 12.5 Å². The van der Waals surface area contributed by atoms with E-state index < -0.39 is 60.4 Å². The van der Waals surface area contributed by atoms with Gasteiger partial charge in [-0.15, -0.1) is 0 Å². The van der Waals surface area contributed by atoms with Gasteiger partial charge in [-0.2, -0.15) is 0 Å². The zero-order valence-electron chi connectivity index (χ0n) is 35.4. The predicted octanol–water partition coefficient (Wildman–Crippen LogP) is 9.54. The van der Waals surface area contributed by atoms with Gasteiger partial charge in [-0.1, -0.05) is 139 Å². The molecule has 11 heteroatoms. The lowest BCUT2D eigenvalue weighted by Gasteiger charge is -2.19. The summed E-state index contributed by atoms with van der Waals surface area (Å²) in [6, 6.07) is 21.9. The van der Waals surface area contributed by atoms with Crippen LogP contribution in [0.4, 0.5) is 0 Å². The quantitative estimate of drug-likeness (QED) is 0.0265. The van der Waals surface area contributed by atoms with Crippen LogP contribution in [-0.4, -0.2) is 64.7 Å². The summed E-state index contributed by atoms with van der Waals surface area (Å²) in [4.78, 5) is 74.4. The van der Waals surface area contributed by atoms with Crippen LogP contribution in [0.2, 0.25) is 0 Å². The number of carbonyl (C=O) groups is 6. The summed E-state index contributed by atoms with van der Waals surface area (Å²) in [6.07, 6.45) is 16.9. The minimum Gasteiger partial charge on any atom is -0.494 e. The molecule has 0 saturated heterocycles. The number of ether oxygens (including phenoxy) is 1. The van der Waals surface area contributed by atoms with E-state index in [0.717, 1.165) is 61.8 Å². The molecule has 0 radical (unpaired) electrons. The normalized spacial score (nSPS) is 12.5. The maximum atomic E-state index is 13.0. The molecule has 3 aromatic rings. The van der Waals surface area contributed by atoms with E-state index in [9.17, 15) is 39.0 Å². The molecule has 0 heterocycles. The molecule has 0 bridgehead atoms. The van der Waals surface area contributed by atoms with E-state index in [-0.39, 0.29) is 18.4 Å². The van der Waals surface area contributed by atoms with E-state index in [1.165, 1.54) is 56.9 Å². The number of carbonyl (C=O) groups excluding carboxylic acids is 4. The van der Waals surface area contributed by atoms with Gasteiger partial charge >= 0.3 is 11.9 Å². The number of hydrogen-bond donors (Lipinski definition) is 4. The molecule has 0 aromatic heterocycles. The first-order valence-electron chi connectivity index (χ1n) is 22.0. The molecule has 0 saturated carbocycles. The second kappa shape index (κ2) is 29.0. The number of carboxylic acids is 2. The second-order valence-corrected chi connectivity index (χ2v) is 15.7. The van der Waals surface area contributed by atoms with Crippen molar-refractivity contribution in [3.8, 4) is 16.9 Å². The number of aliphatic carboxylic acids is 2. The van der Waals surface area contributed by atoms with Gasteiger partial charge in [0.15, 0.2) is 0 Å². The van der Waals surface area contributed by atoms with E-state index in [1.54, 1.807) is 24.3 Å². The molecule has 11 nitrogen and oxygen atoms in total. The van der Waals surface area contributed by atoms with Crippen LogP contribution in [0.25, 0.3) is 11.1 Å². The number of amides is 2. The molecule has 3 rings (SSSR count). The van der Waals surface area contributed by atoms with Gasteiger partial charge in [-0.3, -0.25) is 14.4 Å². The van der Waals surface area contributed by atoms with Crippen molar-refractivity contribution in [2.24, 2.45) is 5.92 Å². The molecular weight excluding hydrogens is 761 g/mol. The summed E-state index contributed by atoms with van der Waals surface area (Å²) < 4.78 is 5.87. The minimum absolute atomic E-state index is 0.133. The van der Waals surface area contributed by atoms with E-state index >= 15 is 0 Å². The number of unbranched alkanes of at least 4 members (excludes halogenated alkanes) is 13. The Labute approximate surface area is 356 Å². The lowest BCUT2D eigenvalue weighted by Crippen LogP contribution is -2.43. The van der Waals surface area contributed by atoms with Crippen LogP contribution in [0, 0.1) is 5.92 Å². The third-order valence-electron chi connectivity index (χ3n) is 10.8. The number of aldehydes is 1. The molecular formula is C49H66N2O9. The van der Waals surface area contributed by atoms with Crippen molar-refractivity contribution in [2.75, 3.05) is 6.61 Å². The van der Waals surface area contributed by atoms with Gasteiger partial charge in [-0.25, -0.2) is 9.59 Å². The fourth-order valence-electron chi connectivity index (χ4n) is 7.10. The molecule has 0 spiro atoms. The Balaban J connectivity index is 1.35. The first-order chi connectivity index (χ1) is 29.1. The van der Waals surface area contributed by atoms with Crippen molar-refractivity contribution >= 4 is 35.8 Å². The van der Waals surface area contributed by atoms with Gasteiger partial charge in [0.2, 0.25) is 5.91 Å². The summed E-state index contributed by atoms with van der Waals surface area (Å²) in [5, 5.41) is 24.4. The van der Waals surface area contributed by atoms with Crippen molar-refractivity contribution in [2.45, 2.75) is 147 Å². The number of ketones is 1. The highest BCUT2D eigenvalue weighted by molar-refractivity contribution is 5.98. The summed E-state index contributed by atoms with van der Waals surface area (Å²) in [5.41, 5.74) is 3.37. The number of carboxylic acid groups (broad SMARTS) is 2. The average molecular weight is 827 g/mol. The molecule has 326 valence electrons. The topological polar surface area (TPSA) is 176 Å². The number of benzene rings is 3. The van der Waals surface area contributed by atoms with Crippen molar-refractivity contribution in [3.63, 3.8) is 0 Å². The maximum Gasteiger partial charge on any atom is 0.326 e. The fraction of sp³-hybridized carbons (Fsp3) is 0.510. The summed E-state index contributed by atoms with van der Waals surface area (Å²) in [6.45, 7) is 2.87.